The summed E-state index contributed by atoms with van der Waals surface area (Å²) in [5, 5.41) is 0. The molecule has 2 aliphatic carbocycles. The molecule has 2 aromatic rings. The molecule has 0 radical (unpaired) electrons. The Bertz CT molecular complexity index is 1310. The molecule has 0 N–H and O–H groups in total. The quantitative estimate of drug-likeness (QED) is 0.0974. The Balaban J connectivity index is 0.901. The highest BCUT2D eigenvalue weighted by Gasteiger charge is 2.35. The molecular weight excluding hydrogens is 684 g/mol. The normalized spacial score (nSPS) is 29.5. The Labute approximate surface area is 313 Å². The van der Waals surface area contributed by atoms with Gasteiger partial charge in [-0.25, -0.2) is 17.6 Å². The van der Waals surface area contributed by atoms with Gasteiger partial charge in [-0.1, -0.05) is 12.2 Å². The molecule has 4 fully saturated rings. The van der Waals surface area contributed by atoms with Crippen LogP contribution >= 0.6 is 0 Å². The van der Waals surface area contributed by atoms with Crippen LogP contribution in [-0.2, 0) is 36.5 Å². The molecule has 6 rings (SSSR count). The molecule has 5 nitrogen and oxygen atoms in total. The van der Waals surface area contributed by atoms with E-state index >= 15 is 17.6 Å². The Morgan fingerprint density at radius 3 is 1.21 bits per heavy atom. The largest absolute Gasteiger partial charge is 0.381 e. The van der Waals surface area contributed by atoms with E-state index in [0.717, 1.165) is 77.0 Å². The molecule has 0 atom stereocenters. The van der Waals surface area contributed by atoms with Gasteiger partial charge in [-0.15, -0.1) is 13.2 Å². The van der Waals surface area contributed by atoms with Gasteiger partial charge >= 0.3 is 0 Å². The molecule has 0 unspecified atom stereocenters. The maximum atomic E-state index is 15.1. The van der Waals surface area contributed by atoms with Gasteiger partial charge in [0.2, 0.25) is 0 Å². The van der Waals surface area contributed by atoms with Crippen molar-refractivity contribution in [1.82, 2.24) is 0 Å². The van der Waals surface area contributed by atoms with Gasteiger partial charge < -0.3 is 23.7 Å². The Kier molecular flexibility index (Phi) is 15.0. The minimum Gasteiger partial charge on any atom is -0.381 e. The second-order valence-electron chi connectivity index (χ2n) is 15.8. The highest BCUT2D eigenvalue weighted by atomic mass is 19.1. The van der Waals surface area contributed by atoms with Crippen LogP contribution in [0.25, 0.3) is 0 Å². The van der Waals surface area contributed by atoms with Crippen molar-refractivity contribution in [2.45, 2.75) is 114 Å². The lowest BCUT2D eigenvalue weighted by Gasteiger charge is -2.37. The van der Waals surface area contributed by atoms with E-state index in [1.807, 2.05) is 12.2 Å². The van der Waals surface area contributed by atoms with Crippen LogP contribution in [0.2, 0.25) is 0 Å². The van der Waals surface area contributed by atoms with Gasteiger partial charge in [0.05, 0.1) is 39.6 Å². The molecule has 9 heteroatoms. The van der Waals surface area contributed by atoms with Crippen molar-refractivity contribution < 1.29 is 41.2 Å². The second-order valence-corrected chi connectivity index (χ2v) is 15.8. The maximum Gasteiger partial charge on any atom is 0.160 e. The molecule has 2 heterocycles. The van der Waals surface area contributed by atoms with Gasteiger partial charge in [0.25, 0.3) is 0 Å². The first-order valence-electron chi connectivity index (χ1n) is 20.0. The monoisotopic (exact) mass is 742 g/mol. The molecule has 0 bridgehead atoms. The third-order valence-electron chi connectivity index (χ3n) is 12.1. The first-order valence-corrected chi connectivity index (χ1v) is 20.0. The van der Waals surface area contributed by atoms with Gasteiger partial charge in [0.1, 0.15) is 23.3 Å². The predicted molar refractivity (Wildman–Crippen MR) is 198 cm³/mol. The minimum absolute atomic E-state index is 0.0248. The van der Waals surface area contributed by atoms with E-state index < -0.39 is 23.3 Å². The fraction of sp³-hybridized carbons (Fsp3) is 0.636. The number of halogens is 4. The molecule has 2 saturated carbocycles. The van der Waals surface area contributed by atoms with Crippen molar-refractivity contribution in [3.63, 3.8) is 0 Å². The number of allylic oxidation sites excluding steroid dienone is 2. The van der Waals surface area contributed by atoms with E-state index in [1.165, 1.54) is 24.3 Å². The van der Waals surface area contributed by atoms with Crippen molar-refractivity contribution in [3.05, 3.63) is 95.1 Å². The molecule has 292 valence electrons. The third-order valence-corrected chi connectivity index (χ3v) is 12.1. The van der Waals surface area contributed by atoms with Gasteiger partial charge in [-0.2, -0.15) is 0 Å². The van der Waals surface area contributed by atoms with Crippen LogP contribution in [0.3, 0.4) is 0 Å². The van der Waals surface area contributed by atoms with Crippen molar-refractivity contribution in [2.24, 2.45) is 23.7 Å². The van der Waals surface area contributed by atoms with Crippen molar-refractivity contribution >= 4 is 0 Å². The highest BCUT2D eigenvalue weighted by Crippen LogP contribution is 2.41. The summed E-state index contributed by atoms with van der Waals surface area (Å²) in [6.07, 6.45) is 14.3. The SMILES string of the molecule is C=CCCC1COC(C2CCC(c3cc(F)c(CCOCCc4c(F)cc(C5CCC(C6OCC(CCC=C)CO6)CC5)cc4F)c(F)c3)CC2)OC1. The summed E-state index contributed by atoms with van der Waals surface area (Å²) < 4.78 is 90.3. The lowest BCUT2D eigenvalue weighted by Crippen LogP contribution is -2.38. The zero-order valence-electron chi connectivity index (χ0n) is 31.2. The number of rotatable bonds is 16. The second kappa shape index (κ2) is 19.9. The maximum absolute atomic E-state index is 15.1. The van der Waals surface area contributed by atoms with Crippen LogP contribution in [-0.4, -0.2) is 52.2 Å². The molecule has 2 aromatic carbocycles. The summed E-state index contributed by atoms with van der Waals surface area (Å²) in [6, 6.07) is 5.83. The van der Waals surface area contributed by atoms with Gasteiger partial charge in [-0.3, -0.25) is 0 Å². The zero-order valence-corrected chi connectivity index (χ0v) is 31.2. The molecular formula is C44H58F4O5. The van der Waals surface area contributed by atoms with Gasteiger partial charge in [0, 0.05) is 47.6 Å². The Hall–Kier alpha value is -2.56. The average molecular weight is 743 g/mol. The van der Waals surface area contributed by atoms with Crippen molar-refractivity contribution in [2.75, 3.05) is 39.6 Å². The summed E-state index contributed by atoms with van der Waals surface area (Å²) in [4.78, 5) is 0. The molecule has 2 saturated heterocycles. The fourth-order valence-corrected chi connectivity index (χ4v) is 8.80. The fourth-order valence-electron chi connectivity index (χ4n) is 8.80. The lowest BCUT2D eigenvalue weighted by molar-refractivity contribution is -0.229. The minimum atomic E-state index is -0.580. The molecule has 0 spiro atoms. The van der Waals surface area contributed by atoms with Crippen LogP contribution in [0.15, 0.2) is 49.6 Å². The van der Waals surface area contributed by atoms with Crippen molar-refractivity contribution in [1.29, 1.82) is 0 Å². The summed E-state index contributed by atoms with van der Waals surface area (Å²) in [5.41, 5.74) is 1.31. The van der Waals surface area contributed by atoms with E-state index in [9.17, 15) is 0 Å². The lowest BCUT2D eigenvalue weighted by atomic mass is 9.78. The summed E-state index contributed by atoms with van der Waals surface area (Å²) >= 11 is 0. The first kappa shape index (κ1) is 40.1. The van der Waals surface area contributed by atoms with Gasteiger partial charge in [-0.05, 0) is 124 Å². The van der Waals surface area contributed by atoms with E-state index in [1.54, 1.807) is 0 Å². The van der Waals surface area contributed by atoms with E-state index in [4.69, 9.17) is 23.7 Å². The molecule has 2 aliphatic heterocycles. The Morgan fingerprint density at radius 1 is 0.547 bits per heavy atom. The molecule has 53 heavy (non-hydrogen) atoms. The standard InChI is InChI=1S/C44H58F4O5/c1-3-5-7-29-25-50-43(51-26-29)33-13-9-31(10-14-33)35-21-39(45)37(40(46)22-35)17-19-49-20-18-38-41(47)23-36(24-42(38)48)32-11-15-34(16-12-32)44-52-27-30(28-53-44)8-6-4-2/h3-4,21-24,29-34,43-44H,1-2,5-20,25-28H2. The first-order chi connectivity index (χ1) is 25.8. The van der Waals surface area contributed by atoms with Crippen LogP contribution in [0.1, 0.15) is 111 Å². The average Bonchev–Trinajstić information content (AvgIpc) is 3.18. The van der Waals surface area contributed by atoms with E-state index in [0.29, 0.717) is 61.2 Å². The summed E-state index contributed by atoms with van der Waals surface area (Å²) in [5.74, 6) is -0.756. The van der Waals surface area contributed by atoms with Crippen LogP contribution in [0, 0.1) is 46.9 Å². The number of benzene rings is 2. The highest BCUT2D eigenvalue weighted by molar-refractivity contribution is 5.30. The van der Waals surface area contributed by atoms with Crippen LogP contribution < -0.4 is 0 Å². The smallest absolute Gasteiger partial charge is 0.160 e. The Morgan fingerprint density at radius 2 is 0.887 bits per heavy atom. The zero-order chi connectivity index (χ0) is 37.2. The van der Waals surface area contributed by atoms with E-state index in [-0.39, 0.29) is 61.6 Å². The molecule has 0 aromatic heterocycles. The molecule has 0 amide bonds. The van der Waals surface area contributed by atoms with Crippen molar-refractivity contribution in [3.8, 4) is 0 Å². The summed E-state index contributed by atoms with van der Waals surface area (Å²) in [6.45, 7) is 10.5. The number of hydrogen-bond donors (Lipinski definition) is 0. The van der Waals surface area contributed by atoms with Crippen LogP contribution in [0.4, 0.5) is 17.6 Å². The van der Waals surface area contributed by atoms with Gasteiger partial charge in [0.15, 0.2) is 12.6 Å². The molecule has 4 aliphatic rings. The van der Waals surface area contributed by atoms with E-state index in [2.05, 4.69) is 13.2 Å². The third kappa shape index (κ3) is 10.8. The topological polar surface area (TPSA) is 46.2 Å². The summed E-state index contributed by atoms with van der Waals surface area (Å²) in [7, 11) is 0. The number of ether oxygens (including phenoxy) is 5. The van der Waals surface area contributed by atoms with Crippen LogP contribution in [0.5, 0.6) is 0 Å². The predicted octanol–water partition coefficient (Wildman–Crippen LogP) is 10.5. The number of hydrogen-bond acceptors (Lipinski definition) is 5.